The minimum absolute atomic E-state index is 0.0143. The van der Waals surface area contributed by atoms with Crippen molar-refractivity contribution in [1.29, 1.82) is 0 Å². The van der Waals surface area contributed by atoms with Crippen LogP contribution < -0.4 is 10.6 Å². The lowest BCUT2D eigenvalue weighted by Gasteiger charge is -2.21. The predicted octanol–water partition coefficient (Wildman–Crippen LogP) is 3.03. The molecule has 0 fully saturated rings. The van der Waals surface area contributed by atoms with E-state index < -0.39 is 18.3 Å². The molecule has 2 aromatic rings. The van der Waals surface area contributed by atoms with E-state index in [4.69, 9.17) is 5.11 Å². The average Bonchev–Trinajstić information content (AvgIpc) is 2.90. The van der Waals surface area contributed by atoms with Crippen LogP contribution in [0.15, 0.2) is 18.2 Å². The van der Waals surface area contributed by atoms with Crippen LogP contribution in [0.2, 0.25) is 0 Å². The van der Waals surface area contributed by atoms with Crippen LogP contribution in [0, 0.1) is 5.92 Å². The quantitative estimate of drug-likeness (QED) is 0.658. The fourth-order valence-corrected chi connectivity index (χ4v) is 2.26. The Bertz CT molecular complexity index is 673. The van der Waals surface area contributed by atoms with Gasteiger partial charge in [-0.05, 0) is 30.5 Å². The molecule has 2 rings (SSSR count). The molecular weight excluding hydrogens is 306 g/mol. The smallest absolute Gasteiger partial charge is 0.319 e. The zero-order chi connectivity index (χ0) is 17.0. The minimum atomic E-state index is -2.67. The summed E-state index contributed by atoms with van der Waals surface area (Å²) >= 11 is 0. The number of benzene rings is 1. The molecule has 2 amide bonds. The summed E-state index contributed by atoms with van der Waals surface area (Å²) in [6.07, 6.45) is -2.21. The van der Waals surface area contributed by atoms with Gasteiger partial charge in [-0.3, -0.25) is 0 Å². The van der Waals surface area contributed by atoms with Crippen molar-refractivity contribution in [2.24, 2.45) is 5.92 Å². The van der Waals surface area contributed by atoms with E-state index in [9.17, 15) is 13.6 Å². The van der Waals surface area contributed by atoms with Gasteiger partial charge in [0, 0.05) is 18.3 Å². The summed E-state index contributed by atoms with van der Waals surface area (Å²) in [7, 11) is 0. The number of aromatic nitrogens is 2. The molecule has 0 bridgehead atoms. The highest BCUT2D eigenvalue weighted by Gasteiger charge is 2.16. The van der Waals surface area contributed by atoms with Crippen molar-refractivity contribution in [3.05, 3.63) is 24.0 Å². The highest BCUT2D eigenvalue weighted by Crippen LogP contribution is 2.22. The maximum Gasteiger partial charge on any atom is 0.319 e. The molecule has 1 heterocycles. The van der Waals surface area contributed by atoms with Crippen LogP contribution in [-0.4, -0.2) is 33.8 Å². The number of nitrogens with one attached hydrogen (secondary N) is 3. The fourth-order valence-electron chi connectivity index (χ4n) is 2.26. The molecule has 8 heteroatoms. The normalized spacial score (nSPS) is 12.8. The lowest BCUT2D eigenvalue weighted by molar-refractivity contribution is 0.142. The van der Waals surface area contributed by atoms with Gasteiger partial charge in [-0.15, -0.1) is 0 Å². The molecule has 0 radical (unpaired) electrons. The minimum Gasteiger partial charge on any atom is -0.396 e. The van der Waals surface area contributed by atoms with Crippen molar-refractivity contribution in [1.82, 2.24) is 15.3 Å². The molecular formula is C15H20F2N4O2. The molecule has 0 aliphatic carbocycles. The third-order valence-electron chi connectivity index (χ3n) is 3.53. The summed E-state index contributed by atoms with van der Waals surface area (Å²) < 4.78 is 25.2. The Labute approximate surface area is 132 Å². The molecule has 0 saturated heterocycles. The van der Waals surface area contributed by atoms with E-state index in [0.29, 0.717) is 23.1 Å². The molecule has 1 aromatic carbocycles. The van der Waals surface area contributed by atoms with Crippen LogP contribution in [0.3, 0.4) is 0 Å². The van der Waals surface area contributed by atoms with Gasteiger partial charge in [0.1, 0.15) is 0 Å². The summed E-state index contributed by atoms with van der Waals surface area (Å²) in [5.74, 6) is -0.221. The molecule has 1 aromatic heterocycles. The number of nitrogens with zero attached hydrogens (tertiary/aromatic N) is 1. The molecule has 126 valence electrons. The Kier molecular flexibility index (Phi) is 5.49. The van der Waals surface area contributed by atoms with E-state index in [-0.39, 0.29) is 18.6 Å². The number of anilines is 1. The number of hydrogen-bond donors (Lipinski definition) is 4. The summed E-state index contributed by atoms with van der Waals surface area (Å²) in [5, 5.41) is 14.4. The van der Waals surface area contributed by atoms with Crippen LogP contribution >= 0.6 is 0 Å². The third-order valence-corrected chi connectivity index (χ3v) is 3.53. The number of urea groups is 1. The second kappa shape index (κ2) is 7.36. The number of hydrogen-bond acceptors (Lipinski definition) is 3. The third kappa shape index (κ3) is 4.38. The Balaban J connectivity index is 2.07. The van der Waals surface area contributed by atoms with E-state index in [1.54, 1.807) is 18.2 Å². The number of aromatic amines is 1. The van der Waals surface area contributed by atoms with Gasteiger partial charge >= 0.3 is 6.03 Å². The van der Waals surface area contributed by atoms with E-state index >= 15 is 0 Å². The first-order chi connectivity index (χ1) is 10.9. The fraction of sp³-hybridized carbons (Fsp3) is 0.467. The van der Waals surface area contributed by atoms with E-state index in [1.807, 2.05) is 13.8 Å². The molecule has 0 saturated carbocycles. The van der Waals surface area contributed by atoms with Crippen molar-refractivity contribution < 1.29 is 18.7 Å². The van der Waals surface area contributed by atoms with Gasteiger partial charge in [-0.2, -0.15) is 0 Å². The molecule has 1 atom stereocenters. The topological polar surface area (TPSA) is 90.0 Å². The van der Waals surface area contributed by atoms with Crippen LogP contribution in [0.4, 0.5) is 19.3 Å². The van der Waals surface area contributed by atoms with Crippen molar-refractivity contribution >= 4 is 22.8 Å². The number of rotatable bonds is 6. The molecule has 0 aliphatic heterocycles. The number of aliphatic hydroxyl groups excluding tert-OH is 1. The first-order valence-corrected chi connectivity index (χ1v) is 7.37. The molecule has 0 aliphatic rings. The maximum absolute atomic E-state index is 12.6. The lowest BCUT2D eigenvalue weighted by atomic mass is 10.0. The number of fused-ring (bicyclic) bond motifs is 1. The summed E-state index contributed by atoms with van der Waals surface area (Å²) in [6.45, 7) is 3.88. The zero-order valence-corrected chi connectivity index (χ0v) is 12.9. The Hall–Kier alpha value is -2.22. The van der Waals surface area contributed by atoms with Crippen LogP contribution in [0.25, 0.3) is 11.0 Å². The van der Waals surface area contributed by atoms with Crippen molar-refractivity contribution in [2.75, 3.05) is 11.9 Å². The monoisotopic (exact) mass is 326 g/mol. The number of halogens is 2. The molecule has 1 unspecified atom stereocenters. The summed E-state index contributed by atoms with van der Waals surface area (Å²) in [4.78, 5) is 18.3. The maximum atomic E-state index is 12.6. The van der Waals surface area contributed by atoms with Crippen LogP contribution in [0.5, 0.6) is 0 Å². The largest absolute Gasteiger partial charge is 0.396 e. The first-order valence-electron chi connectivity index (χ1n) is 7.37. The summed E-state index contributed by atoms with van der Waals surface area (Å²) in [6, 6.07) is 4.13. The van der Waals surface area contributed by atoms with Crippen molar-refractivity contribution in [3.8, 4) is 0 Å². The second-order valence-electron chi connectivity index (χ2n) is 5.62. The number of carbonyl (C=O) groups excluding carboxylic acids is 1. The van der Waals surface area contributed by atoms with Gasteiger partial charge in [0.25, 0.3) is 6.43 Å². The molecule has 4 N–H and O–H groups in total. The molecule has 0 spiro atoms. The number of aliphatic hydroxyl groups is 1. The number of imidazole rings is 1. The second-order valence-corrected chi connectivity index (χ2v) is 5.62. The van der Waals surface area contributed by atoms with Crippen molar-refractivity contribution in [3.63, 3.8) is 0 Å². The van der Waals surface area contributed by atoms with E-state index in [0.717, 1.165) is 0 Å². The predicted molar refractivity (Wildman–Crippen MR) is 83.5 cm³/mol. The Morgan fingerprint density at radius 3 is 2.74 bits per heavy atom. The van der Waals surface area contributed by atoms with Gasteiger partial charge in [-0.25, -0.2) is 18.6 Å². The number of H-pyrrole nitrogens is 1. The Morgan fingerprint density at radius 1 is 1.39 bits per heavy atom. The van der Waals surface area contributed by atoms with Crippen LogP contribution in [0.1, 0.15) is 32.5 Å². The molecule has 6 nitrogen and oxygen atoms in total. The van der Waals surface area contributed by atoms with E-state index in [2.05, 4.69) is 20.6 Å². The van der Waals surface area contributed by atoms with Gasteiger partial charge in [-0.1, -0.05) is 13.8 Å². The Morgan fingerprint density at radius 2 is 2.13 bits per heavy atom. The number of carbonyl (C=O) groups is 1. The first kappa shape index (κ1) is 17.1. The average molecular weight is 326 g/mol. The van der Waals surface area contributed by atoms with Crippen molar-refractivity contribution in [2.45, 2.75) is 32.7 Å². The lowest BCUT2D eigenvalue weighted by Crippen LogP contribution is -2.41. The highest BCUT2D eigenvalue weighted by molar-refractivity contribution is 5.92. The van der Waals surface area contributed by atoms with Gasteiger partial charge in [0.15, 0.2) is 5.82 Å². The zero-order valence-electron chi connectivity index (χ0n) is 12.9. The van der Waals surface area contributed by atoms with Crippen LogP contribution in [-0.2, 0) is 0 Å². The number of amides is 2. The van der Waals surface area contributed by atoms with E-state index in [1.165, 1.54) is 0 Å². The SMILES string of the molecule is CC(C)C(CCO)NC(=O)Nc1ccc2nc(C(F)F)[nH]c2c1. The standard InChI is InChI=1S/C15H20F2N4O2/c1-8(2)10(5-6-22)21-15(23)18-9-3-4-11-12(7-9)20-14(19-11)13(16)17/h3-4,7-8,10,13,22H,5-6H2,1-2H3,(H,19,20)(H2,18,21,23). The van der Waals surface area contributed by atoms with Gasteiger partial charge in [0.05, 0.1) is 11.0 Å². The molecule has 23 heavy (non-hydrogen) atoms. The number of alkyl halides is 2. The summed E-state index contributed by atoms with van der Waals surface area (Å²) in [5.41, 5.74) is 1.30. The van der Waals surface area contributed by atoms with Gasteiger partial charge in [0.2, 0.25) is 0 Å². The van der Waals surface area contributed by atoms with Gasteiger partial charge < -0.3 is 20.7 Å². The highest BCUT2D eigenvalue weighted by atomic mass is 19.3.